The highest BCUT2D eigenvalue weighted by Crippen LogP contribution is 2.23. The number of carbonyl (C=O) groups excluding carboxylic acids is 2. The molecule has 6 nitrogen and oxygen atoms in total. The molecule has 1 aromatic heterocycles. The Kier molecular flexibility index (Phi) is 7.07. The van der Waals surface area contributed by atoms with Gasteiger partial charge in [-0.15, -0.1) is 0 Å². The minimum atomic E-state index is -0.479. The molecule has 0 atom stereocenters. The van der Waals surface area contributed by atoms with Crippen LogP contribution in [0.5, 0.6) is 0 Å². The molecule has 3 rings (SSSR count). The molecule has 0 bridgehead atoms. The summed E-state index contributed by atoms with van der Waals surface area (Å²) >= 11 is 0. The zero-order valence-corrected chi connectivity index (χ0v) is 17.7. The Morgan fingerprint density at radius 3 is 2.48 bits per heavy atom. The van der Waals surface area contributed by atoms with Crippen molar-refractivity contribution in [1.29, 1.82) is 0 Å². The molecule has 1 aliphatic rings. The smallest absolute Gasteiger partial charge is 0.342 e. The zero-order chi connectivity index (χ0) is 20.8. The van der Waals surface area contributed by atoms with E-state index in [2.05, 4.69) is 5.10 Å². The van der Waals surface area contributed by atoms with Crippen LogP contribution in [0.4, 0.5) is 0 Å². The lowest BCUT2D eigenvalue weighted by atomic mass is 9.94. The van der Waals surface area contributed by atoms with E-state index < -0.39 is 5.97 Å². The number of aromatic nitrogens is 2. The quantitative estimate of drug-likeness (QED) is 0.665. The summed E-state index contributed by atoms with van der Waals surface area (Å²) in [5, 5.41) is 4.50. The second-order valence-corrected chi connectivity index (χ2v) is 7.74. The molecule has 0 spiro atoms. The van der Waals surface area contributed by atoms with Gasteiger partial charge >= 0.3 is 5.97 Å². The highest BCUT2D eigenvalue weighted by molar-refractivity contribution is 5.93. The van der Waals surface area contributed by atoms with Gasteiger partial charge in [0.25, 0.3) is 5.91 Å². The summed E-state index contributed by atoms with van der Waals surface area (Å²) in [6.45, 7) is 6.66. The number of carbonyl (C=O) groups is 2. The molecule has 0 unspecified atom stereocenters. The fourth-order valence-corrected chi connectivity index (χ4v) is 4.22. The Hall–Kier alpha value is -2.63. The van der Waals surface area contributed by atoms with E-state index >= 15 is 0 Å². The van der Waals surface area contributed by atoms with Gasteiger partial charge in [0.05, 0.1) is 17.9 Å². The van der Waals surface area contributed by atoms with Crippen molar-refractivity contribution in [3.63, 3.8) is 0 Å². The topological polar surface area (TPSA) is 64.4 Å². The summed E-state index contributed by atoms with van der Waals surface area (Å²) in [7, 11) is 0. The monoisotopic (exact) mass is 397 g/mol. The summed E-state index contributed by atoms with van der Waals surface area (Å²) < 4.78 is 7.21. The Balaban J connectivity index is 1.63. The van der Waals surface area contributed by atoms with Crippen molar-refractivity contribution < 1.29 is 14.3 Å². The number of rotatable bonds is 7. The molecule has 0 saturated heterocycles. The van der Waals surface area contributed by atoms with E-state index in [1.54, 1.807) is 6.92 Å². The number of likely N-dealkylation sites (N-methyl/N-ethyl adjacent to an activating group) is 1. The molecule has 1 fully saturated rings. The average molecular weight is 398 g/mol. The van der Waals surface area contributed by atoms with E-state index in [4.69, 9.17) is 4.74 Å². The van der Waals surface area contributed by atoms with Gasteiger partial charge in [-0.1, -0.05) is 49.6 Å². The van der Waals surface area contributed by atoms with Crippen LogP contribution in [-0.2, 0) is 16.1 Å². The van der Waals surface area contributed by atoms with Crippen molar-refractivity contribution in [2.24, 2.45) is 0 Å². The number of amides is 1. The first-order valence-electron chi connectivity index (χ1n) is 10.6. The van der Waals surface area contributed by atoms with Crippen molar-refractivity contribution in [2.75, 3.05) is 13.2 Å². The molecule has 29 heavy (non-hydrogen) atoms. The maximum absolute atomic E-state index is 12.7. The van der Waals surface area contributed by atoms with Crippen molar-refractivity contribution in [2.45, 2.75) is 65.5 Å². The van der Waals surface area contributed by atoms with Gasteiger partial charge in [-0.25, -0.2) is 4.79 Å². The highest BCUT2D eigenvalue weighted by Gasteiger charge is 2.26. The predicted octanol–water partition coefficient (Wildman–Crippen LogP) is 3.89. The first kappa shape index (κ1) is 21.1. The third-order valence-electron chi connectivity index (χ3n) is 5.76. The van der Waals surface area contributed by atoms with Crippen LogP contribution < -0.4 is 0 Å². The van der Waals surface area contributed by atoms with Crippen LogP contribution in [0, 0.1) is 13.8 Å². The Morgan fingerprint density at radius 1 is 1.14 bits per heavy atom. The molecule has 2 aromatic rings. The highest BCUT2D eigenvalue weighted by atomic mass is 16.5. The summed E-state index contributed by atoms with van der Waals surface area (Å²) in [6.07, 6.45) is 5.64. The maximum Gasteiger partial charge on any atom is 0.342 e. The van der Waals surface area contributed by atoms with Gasteiger partial charge in [0, 0.05) is 12.6 Å². The number of benzene rings is 1. The first-order valence-corrected chi connectivity index (χ1v) is 10.6. The second kappa shape index (κ2) is 9.72. The van der Waals surface area contributed by atoms with Crippen molar-refractivity contribution in [1.82, 2.24) is 14.7 Å². The van der Waals surface area contributed by atoms with Gasteiger partial charge in [0.15, 0.2) is 6.61 Å². The van der Waals surface area contributed by atoms with E-state index in [1.165, 1.54) is 6.42 Å². The Morgan fingerprint density at radius 2 is 1.83 bits per heavy atom. The van der Waals surface area contributed by atoms with Crippen LogP contribution in [0.15, 0.2) is 30.3 Å². The molecule has 1 heterocycles. The van der Waals surface area contributed by atoms with Crippen LogP contribution in [0.3, 0.4) is 0 Å². The lowest BCUT2D eigenvalue weighted by Gasteiger charge is -2.33. The van der Waals surface area contributed by atoms with Gasteiger partial charge in [-0.3, -0.25) is 9.48 Å². The van der Waals surface area contributed by atoms with Gasteiger partial charge in [0.2, 0.25) is 0 Å². The molecule has 1 amide bonds. The SMILES string of the molecule is CCN(C(=O)COC(=O)c1c(C)nn(Cc2ccccc2)c1C)C1CCCCC1. The van der Waals surface area contributed by atoms with Crippen molar-refractivity contribution >= 4 is 11.9 Å². The molecular weight excluding hydrogens is 366 g/mol. The van der Waals surface area contributed by atoms with E-state index in [1.807, 2.05) is 53.8 Å². The number of hydrogen-bond donors (Lipinski definition) is 0. The minimum Gasteiger partial charge on any atom is -0.452 e. The number of hydrogen-bond acceptors (Lipinski definition) is 4. The van der Waals surface area contributed by atoms with E-state index in [0.29, 0.717) is 24.3 Å². The largest absolute Gasteiger partial charge is 0.452 e. The summed E-state index contributed by atoms with van der Waals surface area (Å²) in [5.74, 6) is -0.591. The molecule has 1 aromatic carbocycles. The third kappa shape index (κ3) is 5.05. The standard InChI is InChI=1S/C23H31N3O3/c1-4-25(20-13-9-6-10-14-20)21(27)16-29-23(28)22-17(2)24-26(18(22)3)15-19-11-7-5-8-12-19/h5,7-8,11-12,20H,4,6,9-10,13-16H2,1-3H3. The first-order chi connectivity index (χ1) is 14.0. The lowest BCUT2D eigenvalue weighted by molar-refractivity contribution is -0.137. The third-order valence-corrected chi connectivity index (χ3v) is 5.76. The molecule has 1 saturated carbocycles. The van der Waals surface area contributed by atoms with Crippen molar-refractivity contribution in [3.05, 3.63) is 52.8 Å². The number of ether oxygens (including phenoxy) is 1. The molecule has 6 heteroatoms. The van der Waals surface area contributed by atoms with Gasteiger partial charge < -0.3 is 9.64 Å². The van der Waals surface area contributed by atoms with Crippen LogP contribution in [0.2, 0.25) is 0 Å². The summed E-state index contributed by atoms with van der Waals surface area (Å²) in [4.78, 5) is 27.2. The molecule has 0 aliphatic heterocycles. The van der Waals surface area contributed by atoms with Crippen molar-refractivity contribution in [3.8, 4) is 0 Å². The van der Waals surface area contributed by atoms with Gasteiger partial charge in [-0.05, 0) is 39.2 Å². The molecular formula is C23H31N3O3. The Bertz CT molecular complexity index is 839. The fraction of sp³-hybridized carbons (Fsp3) is 0.522. The Labute approximate surface area is 172 Å². The lowest BCUT2D eigenvalue weighted by Crippen LogP contribution is -2.43. The van der Waals surface area contributed by atoms with Gasteiger partial charge in [0.1, 0.15) is 5.56 Å². The van der Waals surface area contributed by atoms with Crippen LogP contribution in [-0.4, -0.2) is 45.8 Å². The summed E-state index contributed by atoms with van der Waals surface area (Å²) in [6, 6.07) is 10.3. The molecule has 0 N–H and O–H groups in total. The van der Waals surface area contributed by atoms with E-state index in [9.17, 15) is 9.59 Å². The molecule has 0 radical (unpaired) electrons. The van der Waals surface area contributed by atoms with E-state index in [-0.39, 0.29) is 18.6 Å². The fourth-order valence-electron chi connectivity index (χ4n) is 4.22. The number of aryl methyl sites for hydroxylation is 1. The zero-order valence-electron chi connectivity index (χ0n) is 17.7. The maximum atomic E-state index is 12.7. The number of esters is 1. The summed E-state index contributed by atoms with van der Waals surface area (Å²) in [5.41, 5.74) is 2.94. The van der Waals surface area contributed by atoms with Crippen LogP contribution >= 0.6 is 0 Å². The second-order valence-electron chi connectivity index (χ2n) is 7.74. The predicted molar refractivity (Wildman–Crippen MR) is 112 cm³/mol. The normalized spacial score (nSPS) is 14.6. The van der Waals surface area contributed by atoms with Gasteiger partial charge in [-0.2, -0.15) is 5.10 Å². The molecule has 156 valence electrons. The average Bonchev–Trinajstić information content (AvgIpc) is 3.01. The van der Waals surface area contributed by atoms with Crippen LogP contribution in [0.1, 0.15) is 66.3 Å². The minimum absolute atomic E-state index is 0.111. The van der Waals surface area contributed by atoms with E-state index in [0.717, 1.165) is 36.9 Å². The number of nitrogens with zero attached hydrogens (tertiary/aromatic N) is 3. The van der Waals surface area contributed by atoms with Crippen LogP contribution in [0.25, 0.3) is 0 Å². The molecule has 1 aliphatic carbocycles.